The number of aliphatic hydroxyl groups excluding tert-OH is 1. The number of hydrogen-bond donors (Lipinski definition) is 2. The number of aryl methyl sites for hydroxylation is 1. The fourth-order valence-corrected chi connectivity index (χ4v) is 4.86. The topological polar surface area (TPSA) is 130 Å². The normalized spacial score (nSPS) is 19.1. The average molecular weight is 652 g/mol. The number of hydrogen-bond acceptors (Lipinski definition) is 8. The fourth-order valence-electron chi connectivity index (χ4n) is 4.86. The van der Waals surface area contributed by atoms with Crippen LogP contribution in [0.3, 0.4) is 0 Å². The minimum atomic E-state index is -0.350. The van der Waals surface area contributed by atoms with Crippen molar-refractivity contribution < 1.29 is 38.9 Å². The number of amides is 1. The molecule has 2 N–H and O–H groups in total. The maximum atomic E-state index is 12.7. The molecule has 46 heavy (non-hydrogen) atoms. The van der Waals surface area contributed by atoms with Gasteiger partial charge in [-0.25, -0.2) is 4.79 Å². The minimum absolute atomic E-state index is 0.0350. The second-order valence-corrected chi connectivity index (χ2v) is 12.9. The first-order chi connectivity index (χ1) is 21.8. The van der Waals surface area contributed by atoms with E-state index in [0.29, 0.717) is 37.7 Å². The van der Waals surface area contributed by atoms with E-state index in [1.54, 1.807) is 17.0 Å². The Labute approximate surface area is 279 Å². The van der Waals surface area contributed by atoms with Crippen molar-refractivity contribution in [1.82, 2.24) is 4.90 Å². The van der Waals surface area contributed by atoms with Crippen molar-refractivity contribution in [3.05, 3.63) is 29.8 Å². The fraction of sp³-hybridized carbons (Fsp3) is 0.730. The second-order valence-electron chi connectivity index (χ2n) is 12.9. The molecule has 2 fully saturated rings. The first kappa shape index (κ1) is 45.2. The van der Waals surface area contributed by atoms with Crippen LogP contribution in [0.15, 0.2) is 24.3 Å². The number of phenols is 1. The molecule has 1 saturated carbocycles. The summed E-state index contributed by atoms with van der Waals surface area (Å²) < 4.78 is 9.37. The number of aldehydes is 1. The van der Waals surface area contributed by atoms with E-state index in [0.717, 1.165) is 63.6 Å². The van der Waals surface area contributed by atoms with Gasteiger partial charge in [0.2, 0.25) is 5.91 Å². The van der Waals surface area contributed by atoms with E-state index in [4.69, 9.17) is 14.9 Å². The Morgan fingerprint density at radius 3 is 2.02 bits per heavy atom. The van der Waals surface area contributed by atoms with Gasteiger partial charge < -0.3 is 29.4 Å². The molecular weight excluding hydrogens is 586 g/mol. The van der Waals surface area contributed by atoms with Crippen LogP contribution in [-0.4, -0.2) is 71.7 Å². The van der Waals surface area contributed by atoms with Gasteiger partial charge >= 0.3 is 5.97 Å². The molecule has 1 aromatic carbocycles. The summed E-state index contributed by atoms with van der Waals surface area (Å²) in [4.78, 5) is 45.2. The van der Waals surface area contributed by atoms with Crippen LogP contribution in [0.25, 0.3) is 0 Å². The van der Waals surface area contributed by atoms with Crippen molar-refractivity contribution in [2.75, 3.05) is 20.3 Å². The van der Waals surface area contributed by atoms with Crippen LogP contribution in [0, 0.1) is 17.8 Å². The van der Waals surface area contributed by atoms with Gasteiger partial charge in [-0.15, -0.1) is 0 Å². The lowest BCUT2D eigenvalue weighted by molar-refractivity contribution is -0.153. The van der Waals surface area contributed by atoms with Crippen LogP contribution >= 0.6 is 0 Å². The third-order valence-corrected chi connectivity index (χ3v) is 7.80. The molecule has 1 heterocycles. The van der Waals surface area contributed by atoms with E-state index in [9.17, 15) is 19.2 Å². The zero-order valence-corrected chi connectivity index (χ0v) is 30.3. The Kier molecular flexibility index (Phi) is 26.7. The van der Waals surface area contributed by atoms with Gasteiger partial charge in [-0.3, -0.25) is 9.59 Å². The number of methoxy groups -OCH3 is 1. The summed E-state index contributed by atoms with van der Waals surface area (Å²) in [6.45, 7) is 17.4. The highest BCUT2D eigenvalue weighted by atomic mass is 16.5. The molecule has 0 aromatic heterocycles. The molecule has 1 aliphatic carbocycles. The van der Waals surface area contributed by atoms with Gasteiger partial charge in [0, 0.05) is 25.5 Å². The molecule has 0 spiro atoms. The molecule has 3 rings (SSSR count). The molecule has 0 bridgehead atoms. The predicted molar refractivity (Wildman–Crippen MR) is 184 cm³/mol. The molecule has 9 nitrogen and oxygen atoms in total. The Hall–Kier alpha value is -2.94. The number of aliphatic hydroxyl groups is 1. The highest BCUT2D eigenvalue weighted by molar-refractivity contribution is 5.86. The van der Waals surface area contributed by atoms with Crippen molar-refractivity contribution in [1.29, 1.82) is 0 Å². The number of aromatic hydroxyl groups is 1. The van der Waals surface area contributed by atoms with Gasteiger partial charge in [-0.1, -0.05) is 66.0 Å². The number of rotatable bonds is 9. The number of carbonyl (C=O) groups excluding carboxylic acids is 4. The molecule has 9 heteroatoms. The third-order valence-electron chi connectivity index (χ3n) is 7.80. The Bertz CT molecular complexity index is 936. The standard InChI is InChI=1S/C16H27NO3.C8H10O.C5H10O2.C4H10O.C4H8O/c1-11-6-8-13(9-7-11)12(2)15(18)17-10-4-5-14(17)16(19)20-3;1-2-7-4-3-5-8(9)6-7;1-5(2,3)7-4-6;2*1-2-3-4-5/h11-14H,4-10H2,1-3H3;3-6,9H,2H2,1H3;4H,1-3H3;5H,2-4H2,1H3;4H,2-3H2,1H3/t11?,12-,13?,14?;;;;/m0..../s1. The summed E-state index contributed by atoms with van der Waals surface area (Å²) in [7, 11) is 1.40. The van der Waals surface area contributed by atoms with Gasteiger partial charge in [0.15, 0.2) is 0 Å². The van der Waals surface area contributed by atoms with Crippen molar-refractivity contribution >= 4 is 24.6 Å². The molecular formula is C37H65NO8. The number of benzene rings is 1. The largest absolute Gasteiger partial charge is 0.508 e. The lowest BCUT2D eigenvalue weighted by Crippen LogP contribution is -2.45. The van der Waals surface area contributed by atoms with Crippen LogP contribution in [0.5, 0.6) is 5.75 Å². The number of esters is 1. The van der Waals surface area contributed by atoms with E-state index in [1.165, 1.54) is 25.5 Å². The van der Waals surface area contributed by atoms with Gasteiger partial charge in [-0.2, -0.15) is 0 Å². The van der Waals surface area contributed by atoms with E-state index in [-0.39, 0.29) is 29.4 Å². The maximum Gasteiger partial charge on any atom is 0.328 e. The average Bonchev–Trinajstić information content (AvgIpc) is 3.52. The number of nitrogens with zero attached hydrogens (tertiary/aromatic N) is 1. The lowest BCUT2D eigenvalue weighted by Gasteiger charge is -2.33. The highest BCUT2D eigenvalue weighted by Crippen LogP contribution is 2.35. The molecule has 1 amide bonds. The number of phenolic OH excluding ortho intramolecular Hbond substituents is 1. The Morgan fingerprint density at radius 1 is 1.04 bits per heavy atom. The monoisotopic (exact) mass is 651 g/mol. The molecule has 266 valence electrons. The number of likely N-dealkylation sites (tertiary alicyclic amines) is 1. The van der Waals surface area contributed by atoms with Crippen molar-refractivity contribution in [3.8, 4) is 5.75 Å². The summed E-state index contributed by atoms with van der Waals surface area (Å²) in [5, 5.41) is 17.0. The Balaban J connectivity index is 0. The molecule has 1 unspecified atom stereocenters. The van der Waals surface area contributed by atoms with E-state index >= 15 is 0 Å². The van der Waals surface area contributed by atoms with Crippen molar-refractivity contribution in [3.63, 3.8) is 0 Å². The number of carbonyl (C=O) groups is 4. The van der Waals surface area contributed by atoms with Gasteiger partial charge in [-0.05, 0) is 95.2 Å². The quantitative estimate of drug-likeness (QED) is 0.210. The van der Waals surface area contributed by atoms with E-state index in [2.05, 4.69) is 25.5 Å². The van der Waals surface area contributed by atoms with Gasteiger partial charge in [0.05, 0.1) is 7.11 Å². The molecule has 1 aliphatic heterocycles. The third kappa shape index (κ3) is 21.7. The van der Waals surface area contributed by atoms with Crippen LogP contribution < -0.4 is 0 Å². The zero-order valence-electron chi connectivity index (χ0n) is 30.3. The smallest absolute Gasteiger partial charge is 0.328 e. The second kappa shape index (κ2) is 27.2. The van der Waals surface area contributed by atoms with Crippen LogP contribution in [-0.2, 0) is 35.1 Å². The highest BCUT2D eigenvalue weighted by Gasteiger charge is 2.39. The summed E-state index contributed by atoms with van der Waals surface area (Å²) in [5.41, 5.74) is 0.858. The van der Waals surface area contributed by atoms with Crippen LogP contribution in [0.1, 0.15) is 125 Å². The van der Waals surface area contributed by atoms with Crippen LogP contribution in [0.4, 0.5) is 0 Å². The molecule has 0 radical (unpaired) electrons. The SMILES string of the molecule is CC(C)(C)OC=O.CCCC=O.CCCCO.CCc1cccc(O)c1.COC(=O)C1CCCN1C(=O)[C@@H](C)C1CCC(C)CC1. The summed E-state index contributed by atoms with van der Waals surface area (Å²) in [5.74, 6) is 1.56. The zero-order chi connectivity index (χ0) is 35.5. The van der Waals surface area contributed by atoms with Gasteiger partial charge in [0.1, 0.15) is 23.7 Å². The van der Waals surface area contributed by atoms with Crippen molar-refractivity contribution in [2.24, 2.45) is 17.8 Å². The van der Waals surface area contributed by atoms with Crippen LogP contribution in [0.2, 0.25) is 0 Å². The van der Waals surface area contributed by atoms with E-state index in [1.807, 2.05) is 46.8 Å². The summed E-state index contributed by atoms with van der Waals surface area (Å²) in [6.07, 6.45) is 12.0. The number of ether oxygens (including phenoxy) is 2. The lowest BCUT2D eigenvalue weighted by atomic mass is 9.76. The summed E-state index contributed by atoms with van der Waals surface area (Å²) in [6, 6.07) is 6.96. The molecule has 2 atom stereocenters. The molecule has 2 aliphatic rings. The first-order valence-electron chi connectivity index (χ1n) is 17.1. The maximum absolute atomic E-state index is 12.7. The summed E-state index contributed by atoms with van der Waals surface area (Å²) >= 11 is 0. The van der Waals surface area contributed by atoms with Gasteiger partial charge in [0.25, 0.3) is 6.47 Å². The Morgan fingerprint density at radius 2 is 1.67 bits per heavy atom. The molecule has 1 aromatic rings. The molecule has 1 saturated heterocycles. The van der Waals surface area contributed by atoms with E-state index < -0.39 is 0 Å². The van der Waals surface area contributed by atoms with Crippen molar-refractivity contribution in [2.45, 2.75) is 138 Å². The predicted octanol–water partition coefficient (Wildman–Crippen LogP) is 7.29. The minimum Gasteiger partial charge on any atom is -0.508 e. The number of unbranched alkanes of at least 4 members (excludes halogenated alkanes) is 2. The first-order valence-corrected chi connectivity index (χ1v) is 17.1.